The first-order chi connectivity index (χ1) is 8.76. The zero-order chi connectivity index (χ0) is 13.4. The first-order valence-electron chi connectivity index (χ1n) is 5.87. The van der Waals surface area contributed by atoms with Crippen LogP contribution in [0.25, 0.3) is 0 Å². The standard InChI is InChI=1S/C14H21NO2S/c1-5-6-7-15-10-11-8-12(16-2)13(17-3)9-14(11)18-4/h5,8-9,15H,1,6-7,10H2,2-4H3. The van der Waals surface area contributed by atoms with Crippen molar-refractivity contribution in [2.45, 2.75) is 17.9 Å². The molecule has 0 aliphatic carbocycles. The van der Waals surface area contributed by atoms with E-state index in [0.29, 0.717) is 0 Å². The lowest BCUT2D eigenvalue weighted by molar-refractivity contribution is 0.353. The minimum absolute atomic E-state index is 0.774. The van der Waals surface area contributed by atoms with Gasteiger partial charge in [-0.1, -0.05) is 6.08 Å². The summed E-state index contributed by atoms with van der Waals surface area (Å²) in [5.74, 6) is 1.55. The average Bonchev–Trinajstić information content (AvgIpc) is 2.42. The number of benzene rings is 1. The maximum absolute atomic E-state index is 5.33. The molecule has 1 aromatic carbocycles. The van der Waals surface area contributed by atoms with E-state index in [9.17, 15) is 0 Å². The fraction of sp³-hybridized carbons (Fsp3) is 0.429. The Hall–Kier alpha value is -1.13. The van der Waals surface area contributed by atoms with E-state index in [1.165, 1.54) is 10.5 Å². The summed E-state index contributed by atoms with van der Waals surface area (Å²) in [6.07, 6.45) is 4.95. The van der Waals surface area contributed by atoms with Crippen molar-refractivity contribution in [1.29, 1.82) is 0 Å². The lowest BCUT2D eigenvalue weighted by Crippen LogP contribution is -2.14. The third-order valence-corrected chi connectivity index (χ3v) is 3.45. The van der Waals surface area contributed by atoms with Crippen LogP contribution in [-0.2, 0) is 6.54 Å². The Balaban J connectivity index is 2.84. The number of hydrogen-bond acceptors (Lipinski definition) is 4. The third kappa shape index (κ3) is 3.96. The van der Waals surface area contributed by atoms with Crippen LogP contribution in [0.2, 0.25) is 0 Å². The van der Waals surface area contributed by atoms with Crippen molar-refractivity contribution in [2.24, 2.45) is 0 Å². The number of nitrogens with one attached hydrogen (secondary N) is 1. The first kappa shape index (κ1) is 14.9. The van der Waals surface area contributed by atoms with Gasteiger partial charge in [0.25, 0.3) is 0 Å². The van der Waals surface area contributed by atoms with Gasteiger partial charge in [-0.2, -0.15) is 0 Å². The highest BCUT2D eigenvalue weighted by Crippen LogP contribution is 2.34. The van der Waals surface area contributed by atoms with Crippen LogP contribution in [0, 0.1) is 0 Å². The second-order valence-corrected chi connectivity index (χ2v) is 4.62. The second-order valence-electron chi connectivity index (χ2n) is 3.77. The summed E-state index contributed by atoms with van der Waals surface area (Å²) >= 11 is 1.71. The van der Waals surface area contributed by atoms with Gasteiger partial charge >= 0.3 is 0 Å². The van der Waals surface area contributed by atoms with Crippen molar-refractivity contribution < 1.29 is 9.47 Å². The Bertz CT molecular complexity index is 394. The van der Waals surface area contributed by atoms with Crippen molar-refractivity contribution in [3.8, 4) is 11.5 Å². The molecule has 0 unspecified atom stereocenters. The van der Waals surface area contributed by atoms with Crippen LogP contribution in [0.5, 0.6) is 11.5 Å². The number of hydrogen-bond donors (Lipinski definition) is 1. The lowest BCUT2D eigenvalue weighted by atomic mass is 10.2. The Labute approximate surface area is 114 Å². The first-order valence-corrected chi connectivity index (χ1v) is 7.09. The Morgan fingerprint density at radius 1 is 1.28 bits per heavy atom. The molecule has 100 valence electrons. The van der Waals surface area contributed by atoms with E-state index < -0.39 is 0 Å². The molecule has 0 heterocycles. The van der Waals surface area contributed by atoms with E-state index in [1.807, 2.05) is 18.2 Å². The molecule has 0 aliphatic rings. The molecule has 0 fully saturated rings. The molecule has 0 spiro atoms. The van der Waals surface area contributed by atoms with Crippen LogP contribution in [0.4, 0.5) is 0 Å². The summed E-state index contributed by atoms with van der Waals surface area (Å²) in [7, 11) is 3.31. The molecule has 0 aliphatic heterocycles. The number of ether oxygens (including phenoxy) is 2. The van der Waals surface area contributed by atoms with E-state index in [1.54, 1.807) is 26.0 Å². The topological polar surface area (TPSA) is 30.5 Å². The van der Waals surface area contributed by atoms with Crippen LogP contribution < -0.4 is 14.8 Å². The molecule has 1 N–H and O–H groups in total. The van der Waals surface area contributed by atoms with Crippen molar-refractivity contribution in [3.63, 3.8) is 0 Å². The van der Waals surface area contributed by atoms with Crippen LogP contribution in [0.1, 0.15) is 12.0 Å². The van der Waals surface area contributed by atoms with Crippen LogP contribution >= 0.6 is 11.8 Å². The van der Waals surface area contributed by atoms with Gasteiger partial charge in [-0.25, -0.2) is 0 Å². The van der Waals surface area contributed by atoms with Crippen LogP contribution in [0.3, 0.4) is 0 Å². The Morgan fingerprint density at radius 3 is 2.50 bits per heavy atom. The lowest BCUT2D eigenvalue weighted by Gasteiger charge is -2.14. The molecule has 0 bridgehead atoms. The van der Waals surface area contributed by atoms with Gasteiger partial charge in [0.1, 0.15) is 0 Å². The van der Waals surface area contributed by atoms with Crippen LogP contribution in [-0.4, -0.2) is 27.0 Å². The molecule has 0 radical (unpaired) electrons. The third-order valence-electron chi connectivity index (χ3n) is 2.63. The summed E-state index contributed by atoms with van der Waals surface area (Å²) in [4.78, 5) is 1.21. The predicted molar refractivity (Wildman–Crippen MR) is 77.8 cm³/mol. The van der Waals surface area contributed by atoms with E-state index in [4.69, 9.17) is 9.47 Å². The summed E-state index contributed by atoms with van der Waals surface area (Å²) in [6.45, 7) is 5.47. The molecule has 0 saturated heterocycles. The molecule has 0 saturated carbocycles. The Kier molecular flexibility index (Phi) is 6.68. The van der Waals surface area contributed by atoms with E-state index in [-0.39, 0.29) is 0 Å². The van der Waals surface area contributed by atoms with Gasteiger partial charge < -0.3 is 14.8 Å². The smallest absolute Gasteiger partial charge is 0.161 e. The van der Waals surface area contributed by atoms with Gasteiger partial charge in [-0.3, -0.25) is 0 Å². The molecule has 3 nitrogen and oxygen atoms in total. The van der Waals surface area contributed by atoms with Gasteiger partial charge in [0.15, 0.2) is 11.5 Å². The molecular weight excluding hydrogens is 246 g/mol. The summed E-state index contributed by atoms with van der Waals surface area (Å²) in [5.41, 5.74) is 1.23. The molecule has 0 amide bonds. The summed E-state index contributed by atoms with van der Waals surface area (Å²) < 4.78 is 10.6. The highest BCUT2D eigenvalue weighted by molar-refractivity contribution is 7.98. The molecule has 1 aromatic rings. The zero-order valence-electron chi connectivity index (χ0n) is 11.3. The quantitative estimate of drug-likeness (QED) is 0.445. The Morgan fingerprint density at radius 2 is 1.94 bits per heavy atom. The maximum Gasteiger partial charge on any atom is 0.161 e. The number of methoxy groups -OCH3 is 2. The average molecular weight is 267 g/mol. The van der Waals surface area contributed by atoms with Gasteiger partial charge in [0.2, 0.25) is 0 Å². The van der Waals surface area contributed by atoms with Gasteiger partial charge in [0.05, 0.1) is 14.2 Å². The second kappa shape index (κ2) is 8.06. The maximum atomic E-state index is 5.33. The van der Waals surface area contributed by atoms with E-state index >= 15 is 0 Å². The SMILES string of the molecule is C=CCCNCc1cc(OC)c(OC)cc1SC. The van der Waals surface area contributed by atoms with Crippen LogP contribution in [0.15, 0.2) is 29.7 Å². The number of rotatable bonds is 8. The largest absolute Gasteiger partial charge is 0.493 e. The molecule has 18 heavy (non-hydrogen) atoms. The van der Waals surface area contributed by atoms with Gasteiger partial charge in [-0.15, -0.1) is 18.3 Å². The minimum Gasteiger partial charge on any atom is -0.493 e. The zero-order valence-corrected chi connectivity index (χ0v) is 12.1. The molecule has 1 rings (SSSR count). The fourth-order valence-corrected chi connectivity index (χ4v) is 2.28. The molecule has 0 aromatic heterocycles. The van der Waals surface area contributed by atoms with Gasteiger partial charge in [0, 0.05) is 11.4 Å². The highest BCUT2D eigenvalue weighted by atomic mass is 32.2. The molecule has 4 heteroatoms. The van der Waals surface area contributed by atoms with Crippen molar-refractivity contribution in [2.75, 3.05) is 27.0 Å². The van der Waals surface area contributed by atoms with Crippen molar-refractivity contribution in [3.05, 3.63) is 30.4 Å². The monoisotopic (exact) mass is 267 g/mol. The normalized spacial score (nSPS) is 10.2. The minimum atomic E-state index is 0.774. The summed E-state index contributed by atoms with van der Waals surface area (Å²) in [5, 5.41) is 3.39. The number of thioether (sulfide) groups is 1. The van der Waals surface area contributed by atoms with E-state index in [2.05, 4.69) is 18.2 Å². The highest BCUT2D eigenvalue weighted by Gasteiger charge is 2.10. The predicted octanol–water partition coefficient (Wildman–Crippen LogP) is 3.09. The molecular formula is C14H21NO2S. The van der Waals surface area contributed by atoms with E-state index in [0.717, 1.165) is 31.0 Å². The van der Waals surface area contributed by atoms with Crippen molar-refractivity contribution >= 4 is 11.8 Å². The van der Waals surface area contributed by atoms with Crippen molar-refractivity contribution in [1.82, 2.24) is 5.32 Å². The summed E-state index contributed by atoms with van der Waals surface area (Å²) in [6, 6.07) is 4.06. The van der Waals surface area contributed by atoms with Gasteiger partial charge in [-0.05, 0) is 36.9 Å². The fourth-order valence-electron chi connectivity index (χ4n) is 1.66. The molecule has 0 atom stereocenters.